The first-order valence-electron chi connectivity index (χ1n) is 10.2. The zero-order valence-corrected chi connectivity index (χ0v) is 24.4. The molecule has 0 bridgehead atoms. The van der Waals surface area contributed by atoms with Crippen molar-refractivity contribution in [1.82, 2.24) is 4.98 Å². The molecule has 3 aromatic rings. The Kier molecular flexibility index (Phi) is 10.1. The third kappa shape index (κ3) is 6.16. The van der Waals surface area contributed by atoms with Gasteiger partial charge in [-0.1, -0.05) is 81.9 Å². The van der Waals surface area contributed by atoms with Gasteiger partial charge in [0.1, 0.15) is 24.7 Å². The van der Waals surface area contributed by atoms with Crippen LogP contribution in [0, 0.1) is 13.8 Å². The summed E-state index contributed by atoms with van der Waals surface area (Å²) in [7, 11) is 0. The van der Waals surface area contributed by atoms with Crippen LogP contribution in [-0.2, 0) is 34.5 Å². The molecule has 0 N–H and O–H groups in total. The smallest absolute Gasteiger partial charge is 0.130 e. The maximum atomic E-state index is 6.14. The summed E-state index contributed by atoms with van der Waals surface area (Å²) >= 11 is 14.4. The van der Waals surface area contributed by atoms with Crippen LogP contribution in [0.4, 0.5) is 0 Å². The van der Waals surface area contributed by atoms with Gasteiger partial charge in [0.2, 0.25) is 0 Å². The molecule has 2 aromatic carbocycles. The van der Waals surface area contributed by atoms with Gasteiger partial charge in [-0.15, -0.1) is 0 Å². The van der Waals surface area contributed by atoms with Crippen LogP contribution in [0.2, 0.25) is 0 Å². The highest BCUT2D eigenvalue weighted by atomic mass is 79.9. The number of pyridine rings is 1. The van der Waals surface area contributed by atoms with Gasteiger partial charge in [0.25, 0.3) is 0 Å². The number of alkyl halides is 4. The minimum atomic E-state index is 0.406. The second-order valence-electron chi connectivity index (χ2n) is 7.41. The molecule has 0 fully saturated rings. The first-order chi connectivity index (χ1) is 15.5. The summed E-state index contributed by atoms with van der Waals surface area (Å²) in [4.78, 5) is 4.74. The SMILES string of the molecule is Cc1ccc(OCc2cccc(COc3ccc(C)c(CBr)c3CBr)n2)c(CBr)c1CBr. The van der Waals surface area contributed by atoms with Gasteiger partial charge in [0, 0.05) is 32.4 Å². The third-order valence-electron chi connectivity index (χ3n) is 5.39. The van der Waals surface area contributed by atoms with Gasteiger partial charge in [-0.05, 0) is 60.4 Å². The number of hydrogen-bond acceptors (Lipinski definition) is 3. The van der Waals surface area contributed by atoms with Crippen molar-refractivity contribution in [3.8, 4) is 11.5 Å². The van der Waals surface area contributed by atoms with E-state index in [2.05, 4.69) is 89.7 Å². The molecule has 0 aliphatic heterocycles. The number of hydrogen-bond donors (Lipinski definition) is 0. The zero-order chi connectivity index (χ0) is 23.1. The van der Waals surface area contributed by atoms with Gasteiger partial charge >= 0.3 is 0 Å². The number of nitrogens with zero attached hydrogens (tertiary/aromatic N) is 1. The molecule has 0 radical (unpaired) electrons. The maximum Gasteiger partial charge on any atom is 0.130 e. The van der Waals surface area contributed by atoms with E-state index in [1.54, 1.807) is 0 Å². The monoisotopic (exact) mass is 687 g/mol. The molecule has 0 amide bonds. The minimum Gasteiger partial charge on any atom is -0.487 e. The third-order valence-corrected chi connectivity index (χ3v) is 7.64. The highest BCUT2D eigenvalue weighted by Crippen LogP contribution is 2.31. The van der Waals surface area contributed by atoms with Crippen molar-refractivity contribution in [1.29, 1.82) is 0 Å². The van der Waals surface area contributed by atoms with Crippen LogP contribution in [-0.4, -0.2) is 4.98 Å². The van der Waals surface area contributed by atoms with Gasteiger partial charge in [0.05, 0.1) is 11.4 Å². The van der Waals surface area contributed by atoms with Crippen LogP contribution in [0.3, 0.4) is 0 Å². The average Bonchev–Trinajstić information content (AvgIpc) is 2.82. The number of rotatable bonds is 10. The Bertz CT molecular complexity index is 991. The summed E-state index contributed by atoms with van der Waals surface area (Å²) in [6, 6.07) is 14.2. The summed E-state index contributed by atoms with van der Waals surface area (Å²) in [5, 5.41) is 3.09. The van der Waals surface area contributed by atoms with Gasteiger partial charge in [-0.3, -0.25) is 4.98 Å². The van der Waals surface area contributed by atoms with Crippen molar-refractivity contribution in [2.75, 3.05) is 0 Å². The average molecular weight is 691 g/mol. The normalized spacial score (nSPS) is 10.9. The topological polar surface area (TPSA) is 31.4 Å². The highest BCUT2D eigenvalue weighted by molar-refractivity contribution is 9.09. The van der Waals surface area contributed by atoms with Crippen LogP contribution in [0.15, 0.2) is 42.5 Å². The largest absolute Gasteiger partial charge is 0.487 e. The molecule has 3 rings (SSSR count). The molecule has 170 valence electrons. The van der Waals surface area contributed by atoms with Crippen LogP contribution < -0.4 is 9.47 Å². The van der Waals surface area contributed by atoms with Gasteiger partial charge in [-0.2, -0.15) is 0 Å². The highest BCUT2D eigenvalue weighted by Gasteiger charge is 2.13. The van der Waals surface area contributed by atoms with E-state index in [0.29, 0.717) is 13.2 Å². The van der Waals surface area contributed by atoms with Crippen molar-refractivity contribution >= 4 is 63.7 Å². The summed E-state index contributed by atoms with van der Waals surface area (Å²) in [5.74, 6) is 1.77. The van der Waals surface area contributed by atoms with Gasteiger partial charge in [0.15, 0.2) is 0 Å². The molecule has 0 spiro atoms. The van der Waals surface area contributed by atoms with Crippen LogP contribution in [0.25, 0.3) is 0 Å². The molecule has 0 saturated carbocycles. The fourth-order valence-corrected chi connectivity index (χ4v) is 6.30. The van der Waals surface area contributed by atoms with E-state index in [9.17, 15) is 0 Å². The maximum absolute atomic E-state index is 6.14. The number of halogens is 4. The Balaban J connectivity index is 1.71. The molecular formula is C25H25Br4NO2. The van der Waals surface area contributed by atoms with Crippen molar-refractivity contribution < 1.29 is 9.47 Å². The molecular weight excluding hydrogens is 666 g/mol. The Labute approximate surface area is 223 Å². The van der Waals surface area contributed by atoms with Crippen molar-refractivity contribution in [2.24, 2.45) is 0 Å². The number of aromatic nitrogens is 1. The second kappa shape index (κ2) is 12.5. The molecule has 0 saturated heterocycles. The Hall–Kier alpha value is -0.890. The van der Waals surface area contributed by atoms with E-state index < -0.39 is 0 Å². The lowest BCUT2D eigenvalue weighted by atomic mass is 10.0. The molecule has 32 heavy (non-hydrogen) atoms. The lowest BCUT2D eigenvalue weighted by Crippen LogP contribution is -2.06. The summed E-state index contributed by atoms with van der Waals surface area (Å²) in [6.45, 7) is 5.05. The van der Waals surface area contributed by atoms with E-state index in [0.717, 1.165) is 44.2 Å². The summed E-state index contributed by atoms with van der Waals surface area (Å²) in [5.41, 5.74) is 9.12. The first kappa shape index (κ1) is 25.7. The molecule has 1 heterocycles. The lowest BCUT2D eigenvalue weighted by molar-refractivity contribution is 0.288. The van der Waals surface area contributed by atoms with E-state index in [-0.39, 0.29) is 0 Å². The summed E-state index contributed by atoms with van der Waals surface area (Å²) < 4.78 is 12.3. The quantitative estimate of drug-likeness (QED) is 0.200. The zero-order valence-electron chi connectivity index (χ0n) is 18.1. The van der Waals surface area contributed by atoms with Gasteiger partial charge < -0.3 is 9.47 Å². The fourth-order valence-electron chi connectivity index (χ4n) is 3.51. The molecule has 0 atom stereocenters. The summed E-state index contributed by atoms with van der Waals surface area (Å²) in [6.07, 6.45) is 0. The fraction of sp³-hybridized carbons (Fsp3) is 0.320. The van der Waals surface area contributed by atoms with Crippen LogP contribution >= 0.6 is 63.7 Å². The Morgan fingerprint density at radius 1 is 0.594 bits per heavy atom. The molecule has 3 nitrogen and oxygen atoms in total. The van der Waals surface area contributed by atoms with Crippen molar-refractivity contribution in [3.63, 3.8) is 0 Å². The van der Waals surface area contributed by atoms with Crippen LogP contribution in [0.5, 0.6) is 11.5 Å². The number of ether oxygens (including phenoxy) is 2. The van der Waals surface area contributed by atoms with Gasteiger partial charge in [-0.25, -0.2) is 0 Å². The molecule has 0 aliphatic carbocycles. The van der Waals surface area contributed by atoms with E-state index in [1.807, 2.05) is 30.3 Å². The molecule has 7 heteroatoms. The lowest BCUT2D eigenvalue weighted by Gasteiger charge is -2.16. The predicted molar refractivity (Wildman–Crippen MR) is 146 cm³/mol. The molecule has 1 aromatic heterocycles. The standard InChI is InChI=1S/C25H25Br4NO2/c1-16-6-8-24(22(12-28)20(16)10-26)31-14-18-4-3-5-19(30-18)15-32-25-9-7-17(2)21(11-27)23(25)13-29/h3-9H,10-15H2,1-2H3. The number of aryl methyl sites for hydroxylation is 2. The first-order valence-corrected chi connectivity index (χ1v) is 14.7. The van der Waals surface area contributed by atoms with Crippen molar-refractivity contribution in [3.05, 3.63) is 87.2 Å². The predicted octanol–water partition coefficient (Wildman–Crippen LogP) is 8.44. The van der Waals surface area contributed by atoms with E-state index in [1.165, 1.54) is 33.4 Å². The molecule has 0 aliphatic rings. The molecule has 0 unspecified atom stereocenters. The Morgan fingerprint density at radius 3 is 1.38 bits per heavy atom. The van der Waals surface area contributed by atoms with Crippen molar-refractivity contribution in [2.45, 2.75) is 48.4 Å². The van der Waals surface area contributed by atoms with E-state index in [4.69, 9.17) is 14.5 Å². The van der Waals surface area contributed by atoms with Crippen LogP contribution in [0.1, 0.15) is 44.8 Å². The second-order valence-corrected chi connectivity index (χ2v) is 9.65. The number of benzene rings is 2. The van der Waals surface area contributed by atoms with E-state index >= 15 is 0 Å². The Morgan fingerprint density at radius 2 is 1.00 bits per heavy atom. The minimum absolute atomic E-state index is 0.406.